The first kappa shape index (κ1) is 17.5. The van der Waals surface area contributed by atoms with E-state index in [1.54, 1.807) is 0 Å². The van der Waals surface area contributed by atoms with E-state index in [2.05, 4.69) is 86.6 Å². The van der Waals surface area contributed by atoms with Gasteiger partial charge in [0.1, 0.15) is 12.0 Å². The Morgan fingerprint density at radius 1 is 0.962 bits per heavy atom. The lowest BCUT2D eigenvalue weighted by atomic mass is 9.91. The van der Waals surface area contributed by atoms with Crippen molar-refractivity contribution in [1.82, 2.24) is 0 Å². The van der Waals surface area contributed by atoms with Crippen molar-refractivity contribution >= 4 is 40.3 Å². The molecule has 0 saturated heterocycles. The van der Waals surface area contributed by atoms with Crippen LogP contribution in [0.15, 0.2) is 75.6 Å². The molecule has 0 aliphatic carbocycles. The maximum absolute atomic E-state index is 5.72. The molecule has 4 rings (SSSR count). The van der Waals surface area contributed by atoms with Crippen LogP contribution in [0, 0.1) is 12.8 Å². The minimum atomic E-state index is 0.330. The number of thioether (sulfide) groups is 1. The van der Waals surface area contributed by atoms with Crippen molar-refractivity contribution in [1.29, 1.82) is 0 Å². The molecule has 0 radical (unpaired) electrons. The standard InChI is InChI=1S/C22H21NOS2/c1-14-8-11-18(12-9-14)26-24-23-22-15(2)16(3)25-20-13-10-17-6-4-5-7-19(17)21(20)22/h4-13,15-16H,1-3H3/b23-22+. The summed E-state index contributed by atoms with van der Waals surface area (Å²) in [5.74, 6) is 0.330. The normalized spacial score (nSPS) is 21.0. The molecule has 132 valence electrons. The van der Waals surface area contributed by atoms with Gasteiger partial charge in [-0.2, -0.15) is 0 Å². The molecule has 0 aromatic heterocycles. The van der Waals surface area contributed by atoms with Gasteiger partial charge in [-0.05, 0) is 35.9 Å². The summed E-state index contributed by atoms with van der Waals surface area (Å²) in [6.45, 7) is 6.58. The molecular weight excluding hydrogens is 358 g/mol. The highest BCUT2D eigenvalue weighted by Crippen LogP contribution is 2.42. The van der Waals surface area contributed by atoms with Crippen molar-refractivity contribution in [2.75, 3.05) is 0 Å². The fourth-order valence-corrected chi connectivity index (χ4v) is 4.85. The summed E-state index contributed by atoms with van der Waals surface area (Å²) in [6, 6.07) is 21.2. The highest BCUT2D eigenvalue weighted by Gasteiger charge is 2.30. The van der Waals surface area contributed by atoms with Gasteiger partial charge >= 0.3 is 0 Å². The van der Waals surface area contributed by atoms with Crippen LogP contribution in [0.3, 0.4) is 0 Å². The molecule has 2 atom stereocenters. The molecule has 1 heterocycles. The molecule has 0 fully saturated rings. The van der Waals surface area contributed by atoms with Crippen LogP contribution < -0.4 is 0 Å². The van der Waals surface area contributed by atoms with Crippen LogP contribution in [0.25, 0.3) is 10.8 Å². The van der Waals surface area contributed by atoms with E-state index in [9.17, 15) is 0 Å². The van der Waals surface area contributed by atoms with E-state index in [-0.39, 0.29) is 0 Å². The van der Waals surface area contributed by atoms with Gasteiger partial charge in [0.05, 0.1) is 10.6 Å². The number of oxime groups is 1. The highest BCUT2D eigenvalue weighted by atomic mass is 32.2. The van der Waals surface area contributed by atoms with Crippen LogP contribution >= 0.6 is 23.8 Å². The van der Waals surface area contributed by atoms with Gasteiger partial charge < -0.3 is 4.28 Å². The van der Waals surface area contributed by atoms with Crippen LogP contribution in [-0.2, 0) is 4.28 Å². The van der Waals surface area contributed by atoms with Crippen LogP contribution in [0.5, 0.6) is 0 Å². The van der Waals surface area contributed by atoms with E-state index in [0.29, 0.717) is 11.2 Å². The van der Waals surface area contributed by atoms with E-state index >= 15 is 0 Å². The Labute approximate surface area is 163 Å². The monoisotopic (exact) mass is 379 g/mol. The molecule has 0 spiro atoms. The van der Waals surface area contributed by atoms with Gasteiger partial charge in [-0.25, -0.2) is 0 Å². The van der Waals surface area contributed by atoms with Crippen LogP contribution in [0.2, 0.25) is 0 Å². The largest absolute Gasteiger partial charge is 0.317 e. The van der Waals surface area contributed by atoms with Crippen LogP contribution in [0.4, 0.5) is 0 Å². The molecule has 0 saturated carbocycles. The van der Waals surface area contributed by atoms with Gasteiger partial charge in [-0.1, -0.05) is 67.0 Å². The second-order valence-electron chi connectivity index (χ2n) is 6.72. The van der Waals surface area contributed by atoms with Gasteiger partial charge in [0.25, 0.3) is 0 Å². The summed E-state index contributed by atoms with van der Waals surface area (Å²) in [5, 5.41) is 7.55. The minimum Gasteiger partial charge on any atom is -0.317 e. The topological polar surface area (TPSA) is 21.6 Å². The number of hydrogen-bond donors (Lipinski definition) is 0. The summed E-state index contributed by atoms with van der Waals surface area (Å²) >= 11 is 3.24. The fourth-order valence-electron chi connectivity index (χ4n) is 3.19. The first-order valence-electron chi connectivity index (χ1n) is 8.80. The zero-order valence-electron chi connectivity index (χ0n) is 15.1. The lowest BCUT2D eigenvalue weighted by molar-refractivity contribution is 0.400. The molecule has 26 heavy (non-hydrogen) atoms. The number of rotatable bonds is 3. The van der Waals surface area contributed by atoms with Gasteiger partial charge in [-0.15, -0.1) is 11.8 Å². The number of nitrogens with zero attached hydrogens (tertiary/aromatic N) is 1. The Balaban J connectivity index is 1.70. The maximum atomic E-state index is 5.72. The van der Waals surface area contributed by atoms with Crippen molar-refractivity contribution in [3.63, 3.8) is 0 Å². The SMILES string of the molecule is Cc1ccc(SO/N=C2/c3c(ccc4ccccc34)SC(C)C2C)cc1. The maximum Gasteiger partial charge on any atom is 0.125 e. The number of fused-ring (bicyclic) bond motifs is 3. The van der Waals surface area contributed by atoms with Gasteiger partial charge in [-0.3, -0.25) is 0 Å². The summed E-state index contributed by atoms with van der Waals surface area (Å²) in [6.07, 6.45) is 0. The average molecular weight is 380 g/mol. The summed E-state index contributed by atoms with van der Waals surface area (Å²) in [7, 11) is 0. The van der Waals surface area contributed by atoms with E-state index < -0.39 is 0 Å². The van der Waals surface area contributed by atoms with Gasteiger partial charge in [0, 0.05) is 21.6 Å². The third-order valence-electron chi connectivity index (χ3n) is 4.89. The second kappa shape index (κ2) is 7.37. The van der Waals surface area contributed by atoms with Crippen molar-refractivity contribution in [2.24, 2.45) is 11.1 Å². The van der Waals surface area contributed by atoms with E-state index in [0.717, 1.165) is 10.6 Å². The molecule has 0 amide bonds. The Morgan fingerprint density at radius 3 is 2.54 bits per heavy atom. The molecular formula is C22H21NOS2. The predicted molar refractivity (Wildman–Crippen MR) is 113 cm³/mol. The second-order valence-corrected chi connectivity index (χ2v) is 8.93. The third kappa shape index (κ3) is 3.36. The zero-order valence-corrected chi connectivity index (χ0v) is 16.7. The molecule has 0 N–H and O–H groups in total. The number of benzene rings is 3. The van der Waals surface area contributed by atoms with E-state index in [1.165, 1.54) is 38.8 Å². The van der Waals surface area contributed by atoms with Crippen molar-refractivity contribution in [3.05, 3.63) is 71.8 Å². The van der Waals surface area contributed by atoms with Crippen LogP contribution in [0.1, 0.15) is 25.0 Å². The highest BCUT2D eigenvalue weighted by molar-refractivity contribution is 8.00. The molecule has 3 aromatic rings. The molecule has 1 aliphatic rings. The molecule has 1 aliphatic heterocycles. The summed E-state index contributed by atoms with van der Waals surface area (Å²) in [4.78, 5) is 2.35. The van der Waals surface area contributed by atoms with E-state index in [4.69, 9.17) is 4.28 Å². The quantitative estimate of drug-likeness (QED) is 0.373. The van der Waals surface area contributed by atoms with Gasteiger partial charge in [0.2, 0.25) is 0 Å². The zero-order chi connectivity index (χ0) is 18.1. The number of hydrogen-bond acceptors (Lipinski definition) is 4. The molecule has 3 aromatic carbocycles. The van der Waals surface area contributed by atoms with Crippen LogP contribution in [-0.4, -0.2) is 11.0 Å². The third-order valence-corrected chi connectivity index (χ3v) is 6.87. The summed E-state index contributed by atoms with van der Waals surface area (Å²) < 4.78 is 5.72. The molecule has 2 nitrogen and oxygen atoms in total. The average Bonchev–Trinajstić information content (AvgIpc) is 2.66. The lowest BCUT2D eigenvalue weighted by Crippen LogP contribution is -2.27. The fraction of sp³-hybridized carbons (Fsp3) is 0.227. The van der Waals surface area contributed by atoms with E-state index in [1.807, 2.05) is 11.8 Å². The number of aryl methyl sites for hydroxylation is 1. The molecule has 2 unspecified atom stereocenters. The summed E-state index contributed by atoms with van der Waals surface area (Å²) in [5.41, 5.74) is 3.51. The minimum absolute atomic E-state index is 0.330. The first-order valence-corrected chi connectivity index (χ1v) is 10.4. The first-order chi connectivity index (χ1) is 12.6. The Bertz CT molecular complexity index is 966. The molecule has 4 heteroatoms. The lowest BCUT2D eigenvalue weighted by Gasteiger charge is -2.29. The smallest absolute Gasteiger partial charge is 0.125 e. The Kier molecular flexibility index (Phi) is 4.96. The van der Waals surface area contributed by atoms with Crippen molar-refractivity contribution < 1.29 is 4.28 Å². The van der Waals surface area contributed by atoms with Crippen molar-refractivity contribution in [2.45, 2.75) is 35.8 Å². The Hall–Kier alpha value is -1.91. The van der Waals surface area contributed by atoms with Gasteiger partial charge in [0.15, 0.2) is 0 Å². The van der Waals surface area contributed by atoms with Crippen molar-refractivity contribution in [3.8, 4) is 0 Å². The predicted octanol–water partition coefficient (Wildman–Crippen LogP) is 6.71. The molecule has 0 bridgehead atoms. The Morgan fingerprint density at radius 2 is 1.73 bits per heavy atom.